The van der Waals surface area contributed by atoms with Gasteiger partial charge in [0.25, 0.3) is 0 Å². The third-order valence-corrected chi connectivity index (χ3v) is 4.70. The zero-order valence-corrected chi connectivity index (χ0v) is 13.3. The Balaban J connectivity index is 2.50. The number of carbonyl (C=O) groups excluding carboxylic acids is 1. The van der Waals surface area contributed by atoms with E-state index in [2.05, 4.69) is 10.1 Å². The normalized spacial score (nSPS) is 12.0. The van der Waals surface area contributed by atoms with Crippen molar-refractivity contribution in [2.24, 2.45) is 0 Å². The molecule has 0 radical (unpaired) electrons. The van der Waals surface area contributed by atoms with Gasteiger partial charge in [0.1, 0.15) is 5.75 Å². The second kappa shape index (κ2) is 8.19. The van der Waals surface area contributed by atoms with Gasteiger partial charge in [0.2, 0.25) is 5.91 Å². The number of sulfone groups is 1. The molecule has 0 fully saturated rings. The molecule has 0 bridgehead atoms. The van der Waals surface area contributed by atoms with E-state index in [1.807, 2.05) is 0 Å². The van der Waals surface area contributed by atoms with Crippen LogP contribution in [0, 0.1) is 0 Å². The number of aryl methyl sites for hydroxylation is 1. The molecule has 130 valence electrons. The molecule has 0 aliphatic carbocycles. The summed E-state index contributed by atoms with van der Waals surface area (Å²) in [5, 5.41) is 2.43. The summed E-state index contributed by atoms with van der Waals surface area (Å²) in [5.74, 6) is -0.951. The van der Waals surface area contributed by atoms with Crippen molar-refractivity contribution >= 4 is 15.7 Å². The number of alkyl halides is 3. The molecule has 0 unspecified atom stereocenters. The van der Waals surface area contributed by atoms with Gasteiger partial charge in [-0.3, -0.25) is 4.79 Å². The fourth-order valence-electron chi connectivity index (χ4n) is 1.76. The SMILES string of the molecule is CCS(=O)(=O)CCNC(=O)CCc1ccccc1OC(F)(F)F. The van der Waals surface area contributed by atoms with Crippen molar-refractivity contribution < 1.29 is 31.1 Å². The molecule has 0 aliphatic rings. The van der Waals surface area contributed by atoms with Crippen LogP contribution in [0.5, 0.6) is 5.75 Å². The van der Waals surface area contributed by atoms with E-state index in [-0.39, 0.29) is 42.2 Å². The first-order valence-corrected chi connectivity index (χ1v) is 8.76. The van der Waals surface area contributed by atoms with Crippen molar-refractivity contribution in [2.75, 3.05) is 18.1 Å². The van der Waals surface area contributed by atoms with Crippen LogP contribution in [0.3, 0.4) is 0 Å². The second-order valence-corrected chi connectivity index (χ2v) is 7.21. The molecule has 1 N–H and O–H groups in total. The molecule has 0 heterocycles. The first kappa shape index (κ1) is 19.3. The highest BCUT2D eigenvalue weighted by Gasteiger charge is 2.31. The number of hydrogen-bond acceptors (Lipinski definition) is 4. The Morgan fingerprint density at radius 1 is 1.26 bits per heavy atom. The molecule has 1 aromatic rings. The number of hydrogen-bond donors (Lipinski definition) is 1. The largest absolute Gasteiger partial charge is 0.573 e. The standard InChI is InChI=1S/C14H18F3NO4S/c1-2-23(20,21)10-9-18-13(19)8-7-11-5-3-4-6-12(11)22-14(15,16)17/h3-6H,2,7-10H2,1H3,(H,18,19). The Kier molecular flexibility index (Phi) is 6.86. The van der Waals surface area contributed by atoms with Gasteiger partial charge in [0.15, 0.2) is 9.84 Å². The first-order valence-electron chi connectivity index (χ1n) is 6.94. The van der Waals surface area contributed by atoms with E-state index in [1.54, 1.807) is 6.07 Å². The van der Waals surface area contributed by atoms with Crippen molar-refractivity contribution in [1.29, 1.82) is 0 Å². The Bertz CT molecular complexity index is 629. The van der Waals surface area contributed by atoms with Crippen LogP contribution in [-0.4, -0.2) is 38.7 Å². The Morgan fingerprint density at radius 2 is 1.91 bits per heavy atom. The summed E-state index contributed by atoms with van der Waals surface area (Å²) in [7, 11) is -3.17. The number of halogens is 3. The minimum absolute atomic E-state index is 0.00890. The van der Waals surface area contributed by atoms with E-state index < -0.39 is 22.1 Å². The van der Waals surface area contributed by atoms with Crippen LogP contribution in [-0.2, 0) is 21.1 Å². The van der Waals surface area contributed by atoms with Gasteiger partial charge in [0, 0.05) is 18.7 Å². The lowest BCUT2D eigenvalue weighted by Gasteiger charge is -2.13. The van der Waals surface area contributed by atoms with Crippen LogP contribution in [0.1, 0.15) is 18.9 Å². The van der Waals surface area contributed by atoms with E-state index in [0.717, 1.165) is 0 Å². The number of ether oxygens (including phenoxy) is 1. The predicted molar refractivity (Wildman–Crippen MR) is 78.8 cm³/mol. The maximum Gasteiger partial charge on any atom is 0.573 e. The Labute approximate surface area is 132 Å². The predicted octanol–water partition coefficient (Wildman–Crippen LogP) is 2.07. The lowest BCUT2D eigenvalue weighted by Crippen LogP contribution is -2.29. The summed E-state index contributed by atoms with van der Waals surface area (Å²) < 4.78 is 63.2. The van der Waals surface area contributed by atoms with Crippen LogP contribution >= 0.6 is 0 Å². The van der Waals surface area contributed by atoms with Crippen LogP contribution in [0.2, 0.25) is 0 Å². The maximum absolute atomic E-state index is 12.3. The number of benzene rings is 1. The van der Waals surface area contributed by atoms with Gasteiger partial charge in [-0.05, 0) is 18.1 Å². The Morgan fingerprint density at radius 3 is 2.52 bits per heavy atom. The third kappa shape index (κ3) is 7.87. The molecule has 0 aliphatic heterocycles. The third-order valence-electron chi connectivity index (χ3n) is 2.99. The molecule has 0 atom stereocenters. The quantitative estimate of drug-likeness (QED) is 0.777. The summed E-state index contributed by atoms with van der Waals surface area (Å²) in [4.78, 5) is 11.6. The molecule has 0 saturated heterocycles. The van der Waals surface area contributed by atoms with Gasteiger partial charge in [-0.1, -0.05) is 25.1 Å². The molecule has 1 rings (SSSR count). The zero-order chi connectivity index (χ0) is 17.5. The second-order valence-electron chi connectivity index (χ2n) is 4.74. The van der Waals surface area contributed by atoms with Crippen LogP contribution in [0.15, 0.2) is 24.3 Å². The lowest BCUT2D eigenvalue weighted by atomic mass is 10.1. The number of nitrogens with one attached hydrogen (secondary N) is 1. The van der Waals surface area contributed by atoms with E-state index in [4.69, 9.17) is 0 Å². The Hall–Kier alpha value is -1.77. The molecular formula is C14H18F3NO4S. The summed E-state index contributed by atoms with van der Waals surface area (Å²) >= 11 is 0. The molecule has 1 aromatic carbocycles. The zero-order valence-electron chi connectivity index (χ0n) is 12.5. The summed E-state index contributed by atoms with van der Waals surface area (Å²) in [5.41, 5.74) is 0.251. The maximum atomic E-state index is 12.3. The van der Waals surface area contributed by atoms with E-state index >= 15 is 0 Å². The molecule has 0 spiro atoms. The minimum Gasteiger partial charge on any atom is -0.406 e. The highest BCUT2D eigenvalue weighted by molar-refractivity contribution is 7.91. The fourth-order valence-corrected chi connectivity index (χ4v) is 2.46. The van der Waals surface area contributed by atoms with Crippen molar-refractivity contribution in [1.82, 2.24) is 5.32 Å². The van der Waals surface area contributed by atoms with Gasteiger partial charge >= 0.3 is 6.36 Å². The number of para-hydroxylation sites is 1. The number of rotatable bonds is 8. The van der Waals surface area contributed by atoms with Gasteiger partial charge in [-0.2, -0.15) is 0 Å². The molecule has 5 nitrogen and oxygen atoms in total. The topological polar surface area (TPSA) is 72.5 Å². The summed E-state index contributed by atoms with van der Waals surface area (Å²) in [6, 6.07) is 5.56. The first-order chi connectivity index (χ1) is 10.6. The molecule has 0 aromatic heterocycles. The summed E-state index contributed by atoms with van der Waals surface area (Å²) in [6.45, 7) is 1.49. The van der Waals surface area contributed by atoms with Crippen LogP contribution < -0.4 is 10.1 Å². The average Bonchev–Trinajstić information content (AvgIpc) is 2.44. The van der Waals surface area contributed by atoms with Gasteiger partial charge in [-0.15, -0.1) is 13.2 Å². The molecule has 1 amide bonds. The van der Waals surface area contributed by atoms with E-state index in [0.29, 0.717) is 0 Å². The lowest BCUT2D eigenvalue weighted by molar-refractivity contribution is -0.274. The van der Waals surface area contributed by atoms with Crippen LogP contribution in [0.25, 0.3) is 0 Å². The van der Waals surface area contributed by atoms with Crippen LogP contribution in [0.4, 0.5) is 13.2 Å². The molecule has 9 heteroatoms. The van der Waals surface area contributed by atoms with Gasteiger partial charge in [0.05, 0.1) is 5.75 Å². The molecule has 23 heavy (non-hydrogen) atoms. The minimum atomic E-state index is -4.80. The monoisotopic (exact) mass is 353 g/mol. The van der Waals surface area contributed by atoms with Gasteiger partial charge in [-0.25, -0.2) is 8.42 Å². The van der Waals surface area contributed by atoms with Crippen molar-refractivity contribution in [2.45, 2.75) is 26.1 Å². The number of carbonyl (C=O) groups is 1. The molecular weight excluding hydrogens is 335 g/mol. The smallest absolute Gasteiger partial charge is 0.406 e. The fraction of sp³-hybridized carbons (Fsp3) is 0.500. The van der Waals surface area contributed by atoms with Crippen molar-refractivity contribution in [3.8, 4) is 5.75 Å². The van der Waals surface area contributed by atoms with E-state index in [9.17, 15) is 26.4 Å². The highest BCUT2D eigenvalue weighted by atomic mass is 32.2. The number of amides is 1. The van der Waals surface area contributed by atoms with Gasteiger partial charge < -0.3 is 10.1 Å². The average molecular weight is 353 g/mol. The molecule has 0 saturated carbocycles. The van der Waals surface area contributed by atoms with E-state index in [1.165, 1.54) is 25.1 Å². The van der Waals surface area contributed by atoms with Crippen molar-refractivity contribution in [3.05, 3.63) is 29.8 Å². The van der Waals surface area contributed by atoms with Crippen molar-refractivity contribution in [3.63, 3.8) is 0 Å². The highest BCUT2D eigenvalue weighted by Crippen LogP contribution is 2.26. The summed E-state index contributed by atoms with van der Waals surface area (Å²) in [6.07, 6.45) is -4.81.